The van der Waals surface area contributed by atoms with Gasteiger partial charge < -0.3 is 5.32 Å². The molecule has 1 saturated heterocycles. The lowest BCUT2D eigenvalue weighted by Gasteiger charge is -2.38. The number of nitrogens with zero attached hydrogens (tertiary/aromatic N) is 1. The van der Waals surface area contributed by atoms with Crippen LogP contribution in [-0.2, 0) is 9.59 Å². The van der Waals surface area contributed by atoms with Crippen molar-refractivity contribution in [2.75, 3.05) is 11.4 Å². The van der Waals surface area contributed by atoms with Crippen LogP contribution in [0, 0.1) is 12.8 Å². The Morgan fingerprint density at radius 3 is 2.68 bits per heavy atom. The Morgan fingerprint density at radius 1 is 1.37 bits per heavy atom. The minimum atomic E-state index is -0.450. The largest absolute Gasteiger partial charge is 0.345 e. The molecule has 102 valence electrons. The predicted octanol–water partition coefficient (Wildman–Crippen LogP) is 2.24. The number of benzene rings is 1. The molecule has 2 rings (SSSR count). The Morgan fingerprint density at radius 2 is 2.05 bits per heavy atom. The molecular formula is C14H17BrN2O2. The highest BCUT2D eigenvalue weighted by molar-refractivity contribution is 9.10. The van der Waals surface area contributed by atoms with E-state index >= 15 is 0 Å². The summed E-state index contributed by atoms with van der Waals surface area (Å²) >= 11 is 3.42. The Kier molecular flexibility index (Phi) is 3.94. The smallest absolute Gasteiger partial charge is 0.247 e. The van der Waals surface area contributed by atoms with Crippen molar-refractivity contribution in [3.63, 3.8) is 0 Å². The van der Waals surface area contributed by atoms with E-state index in [-0.39, 0.29) is 24.3 Å². The molecule has 1 N–H and O–H groups in total. The fourth-order valence-corrected chi connectivity index (χ4v) is 2.70. The SMILES string of the molecule is Cc1ccc(Br)cc1N1C(=O)CNC(=O)C1C(C)C. The molecule has 0 radical (unpaired) electrons. The monoisotopic (exact) mass is 324 g/mol. The van der Waals surface area contributed by atoms with Crippen molar-refractivity contribution in [2.24, 2.45) is 5.92 Å². The summed E-state index contributed by atoms with van der Waals surface area (Å²) in [6.45, 7) is 5.90. The van der Waals surface area contributed by atoms with E-state index in [1.165, 1.54) is 0 Å². The first-order valence-corrected chi connectivity index (χ1v) is 7.07. The van der Waals surface area contributed by atoms with Gasteiger partial charge in [0.1, 0.15) is 6.04 Å². The van der Waals surface area contributed by atoms with Gasteiger partial charge in [-0.05, 0) is 30.5 Å². The van der Waals surface area contributed by atoms with E-state index < -0.39 is 6.04 Å². The number of carbonyl (C=O) groups is 2. The van der Waals surface area contributed by atoms with Crippen molar-refractivity contribution in [3.8, 4) is 0 Å². The van der Waals surface area contributed by atoms with Gasteiger partial charge in [-0.25, -0.2) is 0 Å². The molecule has 5 heteroatoms. The van der Waals surface area contributed by atoms with Crippen LogP contribution < -0.4 is 10.2 Å². The van der Waals surface area contributed by atoms with Gasteiger partial charge >= 0.3 is 0 Å². The number of hydrogen-bond donors (Lipinski definition) is 1. The standard InChI is InChI=1S/C14H17BrN2O2/c1-8(2)13-14(19)16-7-12(18)17(13)11-6-10(15)5-4-9(11)3/h4-6,8,13H,7H2,1-3H3,(H,16,19). The first kappa shape index (κ1) is 14.1. The van der Waals surface area contributed by atoms with Crippen molar-refractivity contribution in [1.29, 1.82) is 0 Å². The molecule has 0 saturated carbocycles. The summed E-state index contributed by atoms with van der Waals surface area (Å²) in [6.07, 6.45) is 0. The summed E-state index contributed by atoms with van der Waals surface area (Å²) in [4.78, 5) is 25.9. The molecule has 0 bridgehead atoms. The van der Waals surface area contributed by atoms with Gasteiger partial charge in [-0.15, -0.1) is 0 Å². The molecular weight excluding hydrogens is 308 g/mol. The summed E-state index contributed by atoms with van der Waals surface area (Å²) in [5, 5.41) is 2.66. The number of carbonyl (C=O) groups excluding carboxylic acids is 2. The number of anilines is 1. The van der Waals surface area contributed by atoms with E-state index in [0.717, 1.165) is 15.7 Å². The lowest BCUT2D eigenvalue weighted by Crippen LogP contribution is -2.60. The molecule has 19 heavy (non-hydrogen) atoms. The second-order valence-corrected chi connectivity index (χ2v) is 6.02. The lowest BCUT2D eigenvalue weighted by atomic mass is 9.97. The normalized spacial score (nSPS) is 19.8. The molecule has 1 fully saturated rings. The minimum absolute atomic E-state index is 0.0580. The van der Waals surface area contributed by atoms with Crippen LogP contribution in [0.2, 0.25) is 0 Å². The van der Waals surface area contributed by atoms with E-state index in [1.54, 1.807) is 4.90 Å². The van der Waals surface area contributed by atoms with E-state index in [1.807, 2.05) is 39.0 Å². The third-order valence-electron chi connectivity index (χ3n) is 3.29. The van der Waals surface area contributed by atoms with Crippen molar-refractivity contribution >= 4 is 33.4 Å². The highest BCUT2D eigenvalue weighted by Gasteiger charge is 2.38. The van der Waals surface area contributed by atoms with E-state index in [4.69, 9.17) is 0 Å². The van der Waals surface area contributed by atoms with Gasteiger partial charge in [0.15, 0.2) is 0 Å². The van der Waals surface area contributed by atoms with Crippen LogP contribution in [0.25, 0.3) is 0 Å². The summed E-state index contributed by atoms with van der Waals surface area (Å²) in [5.41, 5.74) is 1.78. The Hall–Kier alpha value is -1.36. The van der Waals surface area contributed by atoms with Gasteiger partial charge in [0.2, 0.25) is 11.8 Å². The first-order valence-electron chi connectivity index (χ1n) is 6.27. The molecule has 0 spiro atoms. The predicted molar refractivity (Wildman–Crippen MR) is 78.0 cm³/mol. The van der Waals surface area contributed by atoms with Crippen LogP contribution in [-0.4, -0.2) is 24.4 Å². The molecule has 1 aromatic carbocycles. The van der Waals surface area contributed by atoms with Crippen LogP contribution in [0.4, 0.5) is 5.69 Å². The molecule has 1 aliphatic rings. The first-order chi connectivity index (χ1) is 8.91. The second kappa shape index (κ2) is 5.33. The molecule has 1 atom stereocenters. The van der Waals surface area contributed by atoms with Crippen LogP contribution >= 0.6 is 15.9 Å². The highest BCUT2D eigenvalue weighted by Crippen LogP contribution is 2.29. The number of piperazine rings is 1. The molecule has 4 nitrogen and oxygen atoms in total. The number of amides is 2. The average Bonchev–Trinajstić information content (AvgIpc) is 2.34. The minimum Gasteiger partial charge on any atom is -0.345 e. The second-order valence-electron chi connectivity index (χ2n) is 5.10. The molecule has 1 unspecified atom stereocenters. The zero-order valence-corrected chi connectivity index (χ0v) is 12.8. The molecule has 0 aromatic heterocycles. The van der Waals surface area contributed by atoms with E-state index in [2.05, 4.69) is 21.2 Å². The van der Waals surface area contributed by atoms with Gasteiger partial charge in [0.25, 0.3) is 0 Å². The summed E-state index contributed by atoms with van der Waals surface area (Å²) < 4.78 is 0.898. The maximum atomic E-state index is 12.2. The fraction of sp³-hybridized carbons (Fsp3) is 0.429. The Bertz CT molecular complexity index is 528. The molecule has 1 aromatic rings. The average molecular weight is 325 g/mol. The van der Waals surface area contributed by atoms with E-state index in [0.29, 0.717) is 0 Å². The third kappa shape index (κ3) is 2.66. The number of halogens is 1. The van der Waals surface area contributed by atoms with Crippen LogP contribution in [0.15, 0.2) is 22.7 Å². The zero-order valence-electron chi connectivity index (χ0n) is 11.2. The van der Waals surface area contributed by atoms with Gasteiger partial charge in [-0.3, -0.25) is 14.5 Å². The topological polar surface area (TPSA) is 49.4 Å². The van der Waals surface area contributed by atoms with Crippen molar-refractivity contribution < 1.29 is 9.59 Å². The quantitative estimate of drug-likeness (QED) is 0.907. The van der Waals surface area contributed by atoms with Crippen molar-refractivity contribution in [3.05, 3.63) is 28.2 Å². The van der Waals surface area contributed by atoms with E-state index in [9.17, 15) is 9.59 Å². The summed E-state index contributed by atoms with van der Waals surface area (Å²) in [7, 11) is 0. The fourth-order valence-electron chi connectivity index (χ4n) is 2.35. The highest BCUT2D eigenvalue weighted by atomic mass is 79.9. The third-order valence-corrected chi connectivity index (χ3v) is 3.78. The number of rotatable bonds is 2. The molecule has 1 aliphatic heterocycles. The maximum Gasteiger partial charge on any atom is 0.247 e. The Balaban J connectivity index is 2.51. The molecule has 1 heterocycles. The summed E-state index contributed by atoms with van der Waals surface area (Å²) in [6, 6.07) is 5.31. The van der Waals surface area contributed by atoms with Crippen molar-refractivity contribution in [2.45, 2.75) is 26.8 Å². The Labute approximate surface area is 121 Å². The lowest BCUT2D eigenvalue weighted by molar-refractivity contribution is -0.131. The van der Waals surface area contributed by atoms with Gasteiger partial charge in [-0.1, -0.05) is 35.8 Å². The van der Waals surface area contributed by atoms with Crippen molar-refractivity contribution in [1.82, 2.24) is 5.32 Å². The van der Waals surface area contributed by atoms with Gasteiger partial charge in [0, 0.05) is 10.2 Å². The van der Waals surface area contributed by atoms with Gasteiger partial charge in [0.05, 0.1) is 6.54 Å². The van der Waals surface area contributed by atoms with Crippen LogP contribution in [0.3, 0.4) is 0 Å². The molecule has 0 aliphatic carbocycles. The maximum absolute atomic E-state index is 12.2. The number of aryl methyl sites for hydroxylation is 1. The van der Waals surface area contributed by atoms with Crippen LogP contribution in [0.5, 0.6) is 0 Å². The zero-order chi connectivity index (χ0) is 14.2. The van der Waals surface area contributed by atoms with Gasteiger partial charge in [-0.2, -0.15) is 0 Å². The number of hydrogen-bond acceptors (Lipinski definition) is 2. The summed E-state index contributed by atoms with van der Waals surface area (Å²) in [5.74, 6) is -0.101. The number of nitrogens with one attached hydrogen (secondary N) is 1. The van der Waals surface area contributed by atoms with Crippen LogP contribution in [0.1, 0.15) is 19.4 Å². The molecule has 2 amide bonds.